The Morgan fingerprint density at radius 3 is 2.76 bits per heavy atom. The minimum atomic E-state index is -4.41. The van der Waals surface area contributed by atoms with Gasteiger partial charge in [-0.1, -0.05) is 0 Å². The zero-order valence-corrected chi connectivity index (χ0v) is 13.5. The molecule has 10 heteroatoms. The van der Waals surface area contributed by atoms with Crippen molar-refractivity contribution >= 4 is 11.7 Å². The molecule has 1 amide bonds. The van der Waals surface area contributed by atoms with Crippen LogP contribution in [0.2, 0.25) is 0 Å². The third-order valence-electron chi connectivity index (χ3n) is 3.85. The van der Waals surface area contributed by atoms with Gasteiger partial charge in [0.1, 0.15) is 11.4 Å². The highest BCUT2D eigenvalue weighted by molar-refractivity contribution is 5.96. The smallest absolute Gasteiger partial charge is 0.416 e. The third kappa shape index (κ3) is 3.52. The van der Waals surface area contributed by atoms with E-state index in [1.807, 2.05) is 0 Å². The second-order valence-corrected chi connectivity index (χ2v) is 5.70. The van der Waals surface area contributed by atoms with Crippen LogP contribution in [0.5, 0.6) is 5.88 Å². The van der Waals surface area contributed by atoms with Crippen LogP contribution < -0.4 is 15.0 Å². The van der Waals surface area contributed by atoms with E-state index >= 15 is 0 Å². The molecular weight excluding hydrogens is 339 g/mol. The number of nitrogens with zero attached hydrogens (tertiary/aromatic N) is 4. The van der Waals surface area contributed by atoms with Gasteiger partial charge in [-0.05, 0) is 12.1 Å². The van der Waals surface area contributed by atoms with Crippen molar-refractivity contribution in [1.82, 2.24) is 20.1 Å². The van der Waals surface area contributed by atoms with Gasteiger partial charge in [0.05, 0.1) is 18.7 Å². The van der Waals surface area contributed by atoms with Crippen molar-refractivity contribution in [2.24, 2.45) is 7.05 Å². The van der Waals surface area contributed by atoms with E-state index in [0.717, 1.165) is 18.3 Å². The Morgan fingerprint density at radius 1 is 1.40 bits per heavy atom. The van der Waals surface area contributed by atoms with Crippen molar-refractivity contribution in [2.45, 2.75) is 12.2 Å². The Balaban J connectivity index is 1.60. The number of halogens is 3. The van der Waals surface area contributed by atoms with E-state index < -0.39 is 11.7 Å². The molecule has 3 heterocycles. The number of pyridine rings is 1. The van der Waals surface area contributed by atoms with Gasteiger partial charge in [0.25, 0.3) is 5.91 Å². The van der Waals surface area contributed by atoms with Crippen molar-refractivity contribution in [1.29, 1.82) is 0 Å². The Labute approximate surface area is 141 Å². The Kier molecular flexibility index (Phi) is 4.27. The van der Waals surface area contributed by atoms with Gasteiger partial charge in [-0.15, -0.1) is 5.10 Å². The number of nitrogens with one attached hydrogen (secondary N) is 1. The standard InChI is InChI=1S/C15H16F3N5O2/c1-22-8-11(14(21-22)25-2)13(24)20-10-6-23(7-10)12-5-9(3-4-19-12)15(16,17)18/h3-5,8,10H,6-7H2,1-2H3,(H,20,24). The number of alkyl halides is 3. The zero-order chi connectivity index (χ0) is 18.2. The lowest BCUT2D eigenvalue weighted by molar-refractivity contribution is -0.137. The number of hydrogen-bond donors (Lipinski definition) is 1. The molecule has 0 saturated carbocycles. The Morgan fingerprint density at radius 2 is 2.12 bits per heavy atom. The van der Waals surface area contributed by atoms with E-state index in [0.29, 0.717) is 18.7 Å². The second-order valence-electron chi connectivity index (χ2n) is 5.70. The van der Waals surface area contributed by atoms with Gasteiger partial charge in [-0.2, -0.15) is 13.2 Å². The van der Waals surface area contributed by atoms with Gasteiger partial charge >= 0.3 is 6.18 Å². The highest BCUT2D eigenvalue weighted by Crippen LogP contribution is 2.31. The SMILES string of the molecule is COc1nn(C)cc1C(=O)NC1CN(c2cc(C(F)(F)F)ccn2)C1. The molecule has 3 rings (SSSR count). The average Bonchev–Trinajstić information content (AvgIpc) is 2.90. The van der Waals surface area contributed by atoms with Gasteiger partial charge in [-0.3, -0.25) is 9.48 Å². The summed E-state index contributed by atoms with van der Waals surface area (Å²) in [6.45, 7) is 0.755. The van der Waals surface area contributed by atoms with E-state index in [1.54, 1.807) is 18.1 Å². The second kappa shape index (κ2) is 6.26. The third-order valence-corrected chi connectivity index (χ3v) is 3.85. The molecule has 2 aromatic rings. The molecule has 1 fully saturated rings. The number of ether oxygens (including phenoxy) is 1. The van der Waals surface area contributed by atoms with E-state index in [9.17, 15) is 18.0 Å². The van der Waals surface area contributed by atoms with Gasteiger partial charge in [0, 0.05) is 32.5 Å². The number of methoxy groups -OCH3 is 1. The van der Waals surface area contributed by atoms with Gasteiger partial charge in [0.15, 0.2) is 0 Å². The zero-order valence-electron chi connectivity index (χ0n) is 13.5. The van der Waals surface area contributed by atoms with Crippen LogP contribution in [0.1, 0.15) is 15.9 Å². The van der Waals surface area contributed by atoms with E-state index in [1.165, 1.54) is 11.8 Å². The molecular formula is C15H16F3N5O2. The summed E-state index contributed by atoms with van der Waals surface area (Å²) in [5.41, 5.74) is -0.439. The fourth-order valence-electron chi connectivity index (χ4n) is 2.56. The van der Waals surface area contributed by atoms with Crippen LogP contribution in [0, 0.1) is 0 Å². The normalized spacial score (nSPS) is 15.0. The molecule has 1 N–H and O–H groups in total. The van der Waals surface area contributed by atoms with Crippen molar-refractivity contribution in [3.63, 3.8) is 0 Å². The summed E-state index contributed by atoms with van der Waals surface area (Å²) in [6.07, 6.45) is -1.74. The summed E-state index contributed by atoms with van der Waals surface area (Å²) in [7, 11) is 3.09. The highest BCUT2D eigenvalue weighted by Gasteiger charge is 2.34. The van der Waals surface area contributed by atoms with Gasteiger partial charge < -0.3 is 15.0 Å². The molecule has 7 nitrogen and oxygen atoms in total. The Hall–Kier alpha value is -2.78. The minimum Gasteiger partial charge on any atom is -0.479 e. The highest BCUT2D eigenvalue weighted by atomic mass is 19.4. The summed E-state index contributed by atoms with van der Waals surface area (Å²) in [5.74, 6) is 0.113. The van der Waals surface area contributed by atoms with Gasteiger partial charge in [-0.25, -0.2) is 4.98 Å². The molecule has 0 aromatic carbocycles. The lowest BCUT2D eigenvalue weighted by Gasteiger charge is -2.40. The predicted octanol–water partition coefficient (Wildman–Crippen LogP) is 1.46. The number of carbonyl (C=O) groups is 1. The Bertz CT molecular complexity index is 784. The summed E-state index contributed by atoms with van der Waals surface area (Å²) >= 11 is 0. The summed E-state index contributed by atoms with van der Waals surface area (Å²) in [4.78, 5) is 17.9. The van der Waals surface area contributed by atoms with E-state index in [4.69, 9.17) is 4.74 Å². The van der Waals surface area contributed by atoms with Crippen LogP contribution in [-0.4, -0.2) is 46.9 Å². The average molecular weight is 355 g/mol. The molecule has 134 valence electrons. The van der Waals surface area contributed by atoms with Gasteiger partial charge in [0.2, 0.25) is 5.88 Å². The van der Waals surface area contributed by atoms with Crippen LogP contribution in [0.15, 0.2) is 24.5 Å². The molecule has 1 aliphatic rings. The maximum atomic E-state index is 12.7. The van der Waals surface area contributed by atoms with Crippen molar-refractivity contribution in [3.8, 4) is 5.88 Å². The number of rotatable bonds is 4. The lowest BCUT2D eigenvalue weighted by atomic mass is 10.1. The lowest BCUT2D eigenvalue weighted by Crippen LogP contribution is -2.59. The molecule has 25 heavy (non-hydrogen) atoms. The van der Waals surface area contributed by atoms with Crippen molar-refractivity contribution < 1.29 is 22.7 Å². The fourth-order valence-corrected chi connectivity index (χ4v) is 2.56. The molecule has 0 bridgehead atoms. The minimum absolute atomic E-state index is 0.186. The summed E-state index contributed by atoms with van der Waals surface area (Å²) < 4.78 is 44.7. The van der Waals surface area contributed by atoms with Crippen LogP contribution in [0.4, 0.5) is 19.0 Å². The number of anilines is 1. The number of amides is 1. The topological polar surface area (TPSA) is 72.3 Å². The molecule has 0 unspecified atom stereocenters. The fraction of sp³-hybridized carbons (Fsp3) is 0.400. The first-order valence-corrected chi connectivity index (χ1v) is 7.44. The molecule has 0 aliphatic carbocycles. The van der Waals surface area contributed by atoms with Crippen LogP contribution >= 0.6 is 0 Å². The summed E-state index contributed by atoms with van der Waals surface area (Å²) in [6, 6.07) is 1.74. The molecule has 0 spiro atoms. The number of aromatic nitrogens is 3. The van der Waals surface area contributed by atoms with E-state index in [-0.39, 0.29) is 23.6 Å². The molecule has 1 saturated heterocycles. The van der Waals surface area contributed by atoms with Crippen molar-refractivity contribution in [2.75, 3.05) is 25.1 Å². The maximum absolute atomic E-state index is 12.7. The monoisotopic (exact) mass is 355 g/mol. The molecule has 0 atom stereocenters. The first kappa shape index (κ1) is 17.1. The first-order valence-electron chi connectivity index (χ1n) is 7.44. The quantitative estimate of drug-likeness (QED) is 0.899. The number of hydrogen-bond acceptors (Lipinski definition) is 5. The van der Waals surface area contributed by atoms with Crippen LogP contribution in [0.3, 0.4) is 0 Å². The first-order chi connectivity index (χ1) is 11.8. The van der Waals surface area contributed by atoms with Crippen LogP contribution in [-0.2, 0) is 13.2 Å². The number of carbonyl (C=O) groups excluding carboxylic acids is 1. The maximum Gasteiger partial charge on any atom is 0.416 e. The molecule has 1 aliphatic heterocycles. The largest absolute Gasteiger partial charge is 0.479 e. The van der Waals surface area contributed by atoms with Crippen molar-refractivity contribution in [3.05, 3.63) is 35.7 Å². The predicted molar refractivity (Wildman–Crippen MR) is 82.5 cm³/mol. The molecule has 2 aromatic heterocycles. The van der Waals surface area contributed by atoms with Crippen LogP contribution in [0.25, 0.3) is 0 Å². The summed E-state index contributed by atoms with van der Waals surface area (Å²) in [5, 5.41) is 6.80. The van der Waals surface area contributed by atoms with E-state index in [2.05, 4.69) is 15.4 Å². The number of aryl methyl sites for hydroxylation is 1. The molecule has 0 radical (unpaired) electrons.